The Labute approximate surface area is 185 Å². The molecule has 5 rings (SSSR count). The van der Waals surface area contributed by atoms with Crippen LogP contribution in [0.1, 0.15) is 11.3 Å². The molecule has 0 aliphatic carbocycles. The maximum absolute atomic E-state index is 14.9. The SMILES string of the molecule is Cc1cc2c(F)c(Oc3ncnc(Nc4cc(-c5ccccn5)[nH]n4)c3C#N)cc(F)c2[nH]1. The number of pyridine rings is 1. The van der Waals surface area contributed by atoms with E-state index in [0.717, 1.165) is 12.4 Å². The molecule has 0 aliphatic rings. The van der Waals surface area contributed by atoms with Gasteiger partial charge in [-0.05, 0) is 25.1 Å². The van der Waals surface area contributed by atoms with Crippen LogP contribution in [0.2, 0.25) is 0 Å². The monoisotopic (exact) mass is 444 g/mol. The number of nitriles is 1. The van der Waals surface area contributed by atoms with Gasteiger partial charge in [-0.15, -0.1) is 0 Å². The van der Waals surface area contributed by atoms with E-state index in [1.165, 1.54) is 6.07 Å². The Kier molecular flexibility index (Phi) is 4.87. The molecule has 5 aromatic rings. The number of nitrogens with one attached hydrogen (secondary N) is 3. The summed E-state index contributed by atoms with van der Waals surface area (Å²) < 4.78 is 34.9. The number of hydrogen-bond donors (Lipinski definition) is 3. The van der Waals surface area contributed by atoms with Crippen LogP contribution in [0.4, 0.5) is 20.4 Å². The van der Waals surface area contributed by atoms with Crippen molar-refractivity contribution in [3.63, 3.8) is 0 Å². The number of anilines is 2. The molecule has 9 nitrogen and oxygen atoms in total. The van der Waals surface area contributed by atoms with Crippen molar-refractivity contribution in [2.75, 3.05) is 5.32 Å². The van der Waals surface area contributed by atoms with Gasteiger partial charge in [-0.25, -0.2) is 18.7 Å². The molecule has 0 spiro atoms. The lowest BCUT2D eigenvalue weighted by Gasteiger charge is -2.10. The highest BCUT2D eigenvalue weighted by Gasteiger charge is 2.20. The van der Waals surface area contributed by atoms with Crippen molar-refractivity contribution in [3.05, 3.63) is 71.8 Å². The van der Waals surface area contributed by atoms with E-state index in [0.29, 0.717) is 22.9 Å². The molecule has 4 aromatic heterocycles. The summed E-state index contributed by atoms with van der Waals surface area (Å²) in [5.74, 6) is -1.67. The molecular weight excluding hydrogens is 430 g/mol. The number of aryl methyl sites for hydroxylation is 1. The van der Waals surface area contributed by atoms with Crippen LogP contribution in [0, 0.1) is 29.9 Å². The number of benzene rings is 1. The van der Waals surface area contributed by atoms with Crippen LogP contribution in [0.3, 0.4) is 0 Å². The Bertz CT molecular complexity index is 1520. The molecule has 1 aromatic carbocycles. The van der Waals surface area contributed by atoms with Gasteiger partial charge >= 0.3 is 0 Å². The average molecular weight is 444 g/mol. The third-order valence-corrected chi connectivity index (χ3v) is 4.80. The molecule has 0 saturated heterocycles. The molecule has 0 unspecified atom stereocenters. The number of halogens is 2. The number of hydrogen-bond acceptors (Lipinski definition) is 7. The largest absolute Gasteiger partial charge is 0.434 e. The van der Waals surface area contributed by atoms with Crippen LogP contribution in [0.5, 0.6) is 11.6 Å². The number of fused-ring (bicyclic) bond motifs is 1. The van der Waals surface area contributed by atoms with E-state index in [1.807, 2.05) is 18.2 Å². The third-order valence-electron chi connectivity index (χ3n) is 4.80. The molecule has 0 saturated carbocycles. The maximum Gasteiger partial charge on any atom is 0.242 e. The Hall–Kier alpha value is -4.85. The van der Waals surface area contributed by atoms with E-state index >= 15 is 0 Å². The van der Waals surface area contributed by atoms with Gasteiger partial charge in [0.15, 0.2) is 34.6 Å². The normalized spacial score (nSPS) is 10.8. The van der Waals surface area contributed by atoms with E-state index in [4.69, 9.17) is 4.74 Å². The van der Waals surface area contributed by atoms with Gasteiger partial charge in [-0.3, -0.25) is 10.1 Å². The smallest absolute Gasteiger partial charge is 0.242 e. The second-order valence-corrected chi connectivity index (χ2v) is 7.03. The van der Waals surface area contributed by atoms with Crippen molar-refractivity contribution in [2.45, 2.75) is 6.92 Å². The zero-order valence-corrected chi connectivity index (χ0v) is 17.0. The molecule has 33 heavy (non-hydrogen) atoms. The van der Waals surface area contributed by atoms with Crippen LogP contribution in [0.25, 0.3) is 22.3 Å². The van der Waals surface area contributed by atoms with Gasteiger partial charge in [0.05, 0.1) is 16.9 Å². The fourth-order valence-electron chi connectivity index (χ4n) is 3.32. The van der Waals surface area contributed by atoms with Crippen molar-refractivity contribution in [3.8, 4) is 29.1 Å². The van der Waals surface area contributed by atoms with Gasteiger partial charge in [0, 0.05) is 29.4 Å². The molecule has 162 valence electrons. The van der Waals surface area contributed by atoms with Gasteiger partial charge in [-0.1, -0.05) is 6.07 Å². The lowest BCUT2D eigenvalue weighted by Crippen LogP contribution is -2.02. The lowest BCUT2D eigenvalue weighted by molar-refractivity contribution is 0.424. The summed E-state index contributed by atoms with van der Waals surface area (Å²) in [6.45, 7) is 1.68. The van der Waals surface area contributed by atoms with E-state index < -0.39 is 17.4 Å². The van der Waals surface area contributed by atoms with E-state index in [2.05, 4.69) is 35.5 Å². The molecule has 4 heterocycles. The minimum Gasteiger partial charge on any atom is -0.434 e. The van der Waals surface area contributed by atoms with Gasteiger partial charge in [0.25, 0.3) is 0 Å². The van der Waals surface area contributed by atoms with Crippen LogP contribution in [-0.2, 0) is 0 Å². The predicted molar refractivity (Wildman–Crippen MR) is 115 cm³/mol. The summed E-state index contributed by atoms with van der Waals surface area (Å²) in [4.78, 5) is 15.0. The summed E-state index contributed by atoms with van der Waals surface area (Å²) >= 11 is 0. The summed E-state index contributed by atoms with van der Waals surface area (Å²) in [6.07, 6.45) is 2.79. The van der Waals surface area contributed by atoms with Crippen molar-refractivity contribution in [1.82, 2.24) is 30.1 Å². The zero-order chi connectivity index (χ0) is 22.9. The second kappa shape index (κ2) is 8.01. The van der Waals surface area contributed by atoms with Gasteiger partial charge < -0.3 is 15.0 Å². The summed E-state index contributed by atoms with van der Waals surface area (Å²) in [6, 6.07) is 11.4. The van der Waals surface area contributed by atoms with Crippen LogP contribution in [-0.4, -0.2) is 30.1 Å². The van der Waals surface area contributed by atoms with E-state index in [9.17, 15) is 14.0 Å². The summed E-state index contributed by atoms with van der Waals surface area (Å²) in [7, 11) is 0. The molecule has 0 radical (unpaired) electrons. The minimum atomic E-state index is -0.778. The highest BCUT2D eigenvalue weighted by atomic mass is 19.1. The highest BCUT2D eigenvalue weighted by Crippen LogP contribution is 2.34. The standard InChI is InChI=1S/C22H14F2N8O/c1-11-6-12-19(24)17(7-14(23)20(12)29-11)33-22-13(9-25)21(27-10-28-22)30-18-8-16(31-32-18)15-4-2-3-5-26-15/h2-8,10,29H,1H3,(H2,27,28,30,31,32). The number of H-pyrrole nitrogens is 2. The Balaban J connectivity index is 1.47. The lowest BCUT2D eigenvalue weighted by atomic mass is 10.2. The Morgan fingerprint density at radius 1 is 1.12 bits per heavy atom. The number of nitrogens with zero attached hydrogens (tertiary/aromatic N) is 5. The number of rotatable bonds is 5. The Morgan fingerprint density at radius 3 is 2.79 bits per heavy atom. The first-order chi connectivity index (χ1) is 16.0. The first-order valence-electron chi connectivity index (χ1n) is 9.67. The fourth-order valence-corrected chi connectivity index (χ4v) is 3.32. The highest BCUT2D eigenvalue weighted by molar-refractivity contribution is 5.83. The molecule has 0 aliphatic heterocycles. The van der Waals surface area contributed by atoms with Crippen molar-refractivity contribution in [2.24, 2.45) is 0 Å². The first-order valence-corrected chi connectivity index (χ1v) is 9.67. The van der Waals surface area contributed by atoms with Gasteiger partial charge in [0.1, 0.15) is 12.4 Å². The number of ether oxygens (including phenoxy) is 1. The molecule has 0 bridgehead atoms. The summed E-state index contributed by atoms with van der Waals surface area (Å²) in [5, 5.41) is 19.6. The number of aromatic amines is 2. The van der Waals surface area contributed by atoms with E-state index in [1.54, 1.807) is 25.3 Å². The first kappa shape index (κ1) is 20.1. The predicted octanol–water partition coefficient (Wildman–Crippen LogP) is 4.74. The van der Waals surface area contributed by atoms with Crippen LogP contribution in [0.15, 0.2) is 48.9 Å². The topological polar surface area (TPSA) is 128 Å². The minimum absolute atomic E-state index is 0.0325. The zero-order valence-electron chi connectivity index (χ0n) is 17.0. The van der Waals surface area contributed by atoms with Crippen molar-refractivity contribution in [1.29, 1.82) is 5.26 Å². The van der Waals surface area contributed by atoms with Crippen molar-refractivity contribution < 1.29 is 13.5 Å². The maximum atomic E-state index is 14.9. The molecular formula is C22H14F2N8O. The van der Waals surface area contributed by atoms with Crippen molar-refractivity contribution >= 4 is 22.5 Å². The van der Waals surface area contributed by atoms with Gasteiger partial charge in [-0.2, -0.15) is 10.4 Å². The Morgan fingerprint density at radius 2 is 2.00 bits per heavy atom. The van der Waals surface area contributed by atoms with Crippen LogP contribution < -0.4 is 10.1 Å². The molecule has 3 N–H and O–H groups in total. The average Bonchev–Trinajstić information content (AvgIpc) is 3.45. The van der Waals surface area contributed by atoms with Crippen LogP contribution >= 0.6 is 0 Å². The summed E-state index contributed by atoms with van der Waals surface area (Å²) in [5.41, 5.74) is 1.85. The molecule has 0 amide bonds. The fraction of sp³-hybridized carbons (Fsp3) is 0.0455. The second-order valence-electron chi connectivity index (χ2n) is 7.03. The third kappa shape index (κ3) is 3.70. The van der Waals surface area contributed by atoms with E-state index in [-0.39, 0.29) is 28.2 Å². The van der Waals surface area contributed by atoms with Gasteiger partial charge in [0.2, 0.25) is 5.88 Å². The molecule has 0 atom stereocenters. The quantitative estimate of drug-likeness (QED) is 0.357. The molecule has 0 fully saturated rings. The number of aromatic nitrogens is 6. The molecule has 11 heteroatoms.